The molecule has 0 bridgehead atoms. The Labute approximate surface area is 391 Å². The normalized spacial score (nSPS) is 18.1. The Morgan fingerprint density at radius 1 is 0.309 bits per heavy atom. The van der Waals surface area contributed by atoms with E-state index in [1.165, 1.54) is 10.8 Å². The van der Waals surface area contributed by atoms with E-state index in [0.29, 0.717) is 0 Å². The lowest BCUT2D eigenvalue weighted by Crippen LogP contribution is -2.33. The summed E-state index contributed by atoms with van der Waals surface area (Å²) in [7, 11) is 0. The van der Waals surface area contributed by atoms with Crippen LogP contribution in [0, 0.1) is 0 Å². The van der Waals surface area contributed by atoms with E-state index in [1.807, 2.05) is 24.3 Å². The minimum atomic E-state index is -0.939. The molecule has 0 saturated carbocycles. The van der Waals surface area contributed by atoms with Crippen LogP contribution in [-0.4, -0.2) is 10.2 Å². The third-order valence-electron chi connectivity index (χ3n) is 15.0. The molecule has 2 atom stereocenters. The zero-order valence-corrected chi connectivity index (χ0v) is 36.5. The van der Waals surface area contributed by atoms with Crippen LogP contribution < -0.4 is 9.47 Å². The number of hydrogen-bond acceptors (Lipinski definition) is 4. The zero-order valence-electron chi connectivity index (χ0n) is 36.5. The van der Waals surface area contributed by atoms with E-state index in [0.717, 1.165) is 122 Å². The summed E-state index contributed by atoms with van der Waals surface area (Å²) in [6.45, 7) is 0. The van der Waals surface area contributed by atoms with Crippen LogP contribution in [-0.2, 0) is 11.2 Å². The fraction of sp³-hybridized carbons (Fsp3) is 0.0312. The number of phenols is 2. The highest BCUT2D eigenvalue weighted by atomic mass is 16.5. The van der Waals surface area contributed by atoms with Crippen molar-refractivity contribution in [3.63, 3.8) is 0 Å². The number of benzene rings is 11. The van der Waals surface area contributed by atoms with Gasteiger partial charge in [0.2, 0.25) is 0 Å². The average molecular weight is 871 g/mol. The number of phenolic OH excluding ortho intramolecular Hbond substituents is 2. The predicted molar refractivity (Wildman–Crippen MR) is 273 cm³/mol. The Hall–Kier alpha value is -8.86. The standard InChI is InChI=1S/C64H38O4/c65-45-22-24-47-43(29-45)20-26-59-61(47)53(35-63(67-59)55-18-7-5-16-49(55)51-31-37-10-1-3-12-39(37)33-57(51)63)41-14-9-15-42(28-41)54-36-64(68-60-27-21-44-30-46(66)23-25-48(44)62(54)60)56-19-8-6-17-50(56)52-32-38-11-2-4-13-40(38)34-58(52)64/h1-36,65-66H. The van der Waals surface area contributed by atoms with Crippen LogP contribution in [0.1, 0.15) is 44.5 Å². The zero-order chi connectivity index (χ0) is 44.9. The van der Waals surface area contributed by atoms with Crippen molar-refractivity contribution in [2.75, 3.05) is 0 Å². The Bertz CT molecular complexity index is 3880. The molecule has 4 nitrogen and oxygen atoms in total. The van der Waals surface area contributed by atoms with E-state index in [4.69, 9.17) is 9.47 Å². The molecule has 2 unspecified atom stereocenters. The lowest BCUT2D eigenvalue weighted by Gasteiger charge is -2.37. The second kappa shape index (κ2) is 13.4. The van der Waals surface area contributed by atoms with Gasteiger partial charge in [0.1, 0.15) is 23.0 Å². The molecule has 0 aromatic heterocycles. The van der Waals surface area contributed by atoms with Gasteiger partial charge in [-0.1, -0.05) is 127 Å². The van der Waals surface area contributed by atoms with Gasteiger partial charge >= 0.3 is 0 Å². The predicted octanol–water partition coefficient (Wildman–Crippen LogP) is 15.2. The molecule has 4 heteroatoms. The fourth-order valence-electron chi connectivity index (χ4n) is 12.0. The summed E-state index contributed by atoms with van der Waals surface area (Å²) in [4.78, 5) is 0. The summed E-state index contributed by atoms with van der Waals surface area (Å²) < 4.78 is 15.0. The molecule has 4 aliphatic rings. The average Bonchev–Trinajstić information content (AvgIpc) is 3.78. The van der Waals surface area contributed by atoms with Gasteiger partial charge in [-0.2, -0.15) is 0 Å². The van der Waals surface area contributed by atoms with E-state index >= 15 is 0 Å². The van der Waals surface area contributed by atoms with Gasteiger partial charge in [0.05, 0.1) is 0 Å². The van der Waals surface area contributed by atoms with Crippen LogP contribution in [0.25, 0.3) is 76.5 Å². The minimum Gasteiger partial charge on any atom is -0.508 e. The minimum absolute atomic E-state index is 0.214. The van der Waals surface area contributed by atoms with Crippen LogP contribution in [0.4, 0.5) is 0 Å². The molecular weight excluding hydrogens is 833 g/mol. The Morgan fingerprint density at radius 2 is 0.735 bits per heavy atom. The molecule has 0 saturated heterocycles. The molecule has 0 fully saturated rings. The van der Waals surface area contributed by atoms with Crippen LogP contribution in [0.2, 0.25) is 0 Å². The maximum atomic E-state index is 10.7. The topological polar surface area (TPSA) is 58.9 Å². The second-order valence-corrected chi connectivity index (χ2v) is 18.6. The third-order valence-corrected chi connectivity index (χ3v) is 15.0. The molecule has 11 aromatic rings. The molecule has 0 amide bonds. The van der Waals surface area contributed by atoms with Crippen molar-refractivity contribution >= 4 is 54.2 Å². The summed E-state index contributed by atoms with van der Waals surface area (Å²) in [5, 5.41) is 30.0. The van der Waals surface area contributed by atoms with E-state index in [1.54, 1.807) is 12.1 Å². The molecule has 2 heterocycles. The summed E-state index contributed by atoms with van der Waals surface area (Å²) in [6, 6.07) is 72.0. The summed E-state index contributed by atoms with van der Waals surface area (Å²) in [5.74, 6) is 1.97. The van der Waals surface area contributed by atoms with Crippen molar-refractivity contribution in [1.82, 2.24) is 0 Å². The molecule has 2 N–H and O–H groups in total. The molecule has 2 aliphatic carbocycles. The Balaban J connectivity index is 1.02. The van der Waals surface area contributed by atoms with Gasteiger partial charge in [0.15, 0.2) is 11.2 Å². The number of aromatic hydroxyl groups is 2. The first-order chi connectivity index (χ1) is 33.4. The first-order valence-corrected chi connectivity index (χ1v) is 23.2. The van der Waals surface area contributed by atoms with Crippen LogP contribution in [0.5, 0.6) is 23.0 Å². The lowest BCUT2D eigenvalue weighted by molar-refractivity contribution is 0.165. The molecule has 2 aliphatic heterocycles. The molecule has 11 aromatic carbocycles. The van der Waals surface area contributed by atoms with Gasteiger partial charge in [-0.25, -0.2) is 0 Å². The number of rotatable bonds is 2. The van der Waals surface area contributed by atoms with Gasteiger partial charge in [-0.3, -0.25) is 0 Å². The van der Waals surface area contributed by atoms with Crippen molar-refractivity contribution in [2.24, 2.45) is 0 Å². The first kappa shape index (κ1) is 37.4. The van der Waals surface area contributed by atoms with Crippen molar-refractivity contribution in [3.05, 3.63) is 263 Å². The van der Waals surface area contributed by atoms with Gasteiger partial charge in [-0.15, -0.1) is 0 Å². The Kier molecular flexibility index (Phi) is 7.35. The highest BCUT2D eigenvalue weighted by molar-refractivity contribution is 6.06. The number of hydrogen-bond donors (Lipinski definition) is 2. The number of ether oxygens (including phenoxy) is 2. The second-order valence-electron chi connectivity index (χ2n) is 18.6. The van der Waals surface area contributed by atoms with Crippen molar-refractivity contribution < 1.29 is 19.7 Å². The molecule has 0 radical (unpaired) electrons. The quantitative estimate of drug-likeness (QED) is 0.182. The monoisotopic (exact) mass is 870 g/mol. The van der Waals surface area contributed by atoms with E-state index in [-0.39, 0.29) is 11.5 Å². The van der Waals surface area contributed by atoms with Crippen molar-refractivity contribution in [3.8, 4) is 45.3 Å². The molecule has 68 heavy (non-hydrogen) atoms. The molecule has 318 valence electrons. The van der Waals surface area contributed by atoms with Gasteiger partial charge in [-0.05, 0) is 179 Å². The SMILES string of the molecule is Oc1ccc2c3c(ccc2c1)OC1(C=C3c2cccc(C3=CC4(Oc5ccc6cc(O)ccc6c53)c3ccccc3-c3cc5ccccc5cc34)c2)c2ccccc2-c2cc3ccccc3cc21. The first-order valence-electron chi connectivity index (χ1n) is 23.2. The highest BCUT2D eigenvalue weighted by Crippen LogP contribution is 2.59. The summed E-state index contributed by atoms with van der Waals surface area (Å²) in [5.41, 5.74) is 13.2. The summed E-state index contributed by atoms with van der Waals surface area (Å²) in [6.07, 6.45) is 4.70. The maximum absolute atomic E-state index is 10.7. The highest BCUT2D eigenvalue weighted by Gasteiger charge is 2.49. The van der Waals surface area contributed by atoms with Crippen LogP contribution in [0.3, 0.4) is 0 Å². The van der Waals surface area contributed by atoms with Gasteiger partial charge in [0, 0.05) is 33.4 Å². The van der Waals surface area contributed by atoms with Gasteiger partial charge < -0.3 is 19.7 Å². The van der Waals surface area contributed by atoms with E-state index in [2.05, 4.69) is 182 Å². The molecule has 15 rings (SSSR count). The fourth-order valence-corrected chi connectivity index (χ4v) is 12.0. The maximum Gasteiger partial charge on any atom is 0.179 e. The lowest BCUT2D eigenvalue weighted by atomic mass is 9.79. The molecule has 2 spiro atoms. The Morgan fingerprint density at radius 3 is 1.21 bits per heavy atom. The van der Waals surface area contributed by atoms with Gasteiger partial charge in [0.25, 0.3) is 0 Å². The van der Waals surface area contributed by atoms with Crippen molar-refractivity contribution in [1.29, 1.82) is 0 Å². The van der Waals surface area contributed by atoms with Crippen LogP contribution >= 0.6 is 0 Å². The largest absolute Gasteiger partial charge is 0.508 e. The smallest absolute Gasteiger partial charge is 0.179 e. The molecular formula is C64H38O4. The third kappa shape index (κ3) is 5.03. The van der Waals surface area contributed by atoms with Crippen LogP contribution in [0.15, 0.2) is 218 Å². The van der Waals surface area contributed by atoms with Crippen molar-refractivity contribution in [2.45, 2.75) is 11.2 Å². The van der Waals surface area contributed by atoms with E-state index in [9.17, 15) is 10.2 Å². The summed E-state index contributed by atoms with van der Waals surface area (Å²) >= 11 is 0. The number of fused-ring (bicyclic) bond motifs is 18. The van der Waals surface area contributed by atoms with E-state index < -0.39 is 11.2 Å².